The quantitative estimate of drug-likeness (QED) is 0.0724. The van der Waals surface area contributed by atoms with Crippen LogP contribution in [0.3, 0.4) is 0 Å². The van der Waals surface area contributed by atoms with E-state index >= 15 is 0 Å². The summed E-state index contributed by atoms with van der Waals surface area (Å²) in [7, 11) is -21.4. The lowest BCUT2D eigenvalue weighted by atomic mass is 9.96. The zero-order chi connectivity index (χ0) is 43.3. The Labute approximate surface area is 323 Å². The molecule has 0 saturated carbocycles. The predicted molar refractivity (Wildman–Crippen MR) is 170 cm³/mol. The molecule has 0 bridgehead atoms. The van der Waals surface area contributed by atoms with E-state index in [0.29, 0.717) is 0 Å². The maximum atomic E-state index is 11.9. The first-order valence-corrected chi connectivity index (χ1v) is 21.6. The van der Waals surface area contributed by atoms with Gasteiger partial charge in [-0.25, -0.2) is 16.7 Å². The van der Waals surface area contributed by atoms with Crippen molar-refractivity contribution < 1.29 is 132 Å². The van der Waals surface area contributed by atoms with E-state index in [2.05, 4.69) is 12.5 Å². The molecule has 4 aliphatic rings. The van der Waals surface area contributed by atoms with E-state index in [1.54, 1.807) is 0 Å². The molecule has 4 fully saturated rings. The Kier molecular flexibility index (Phi) is 15.5. The second kappa shape index (κ2) is 18.1. The Morgan fingerprint density at radius 3 is 1.02 bits per heavy atom. The van der Waals surface area contributed by atoms with Gasteiger partial charge in [0.05, 0.1) is 24.4 Å². The minimum absolute atomic E-state index is 1.04. The van der Waals surface area contributed by atoms with Gasteiger partial charge in [-0.05, 0) is 27.7 Å². The summed E-state index contributed by atoms with van der Waals surface area (Å²) in [5, 5.41) is 65.0. The number of aliphatic hydroxyl groups excluding tert-OH is 6. The van der Waals surface area contributed by atoms with Crippen molar-refractivity contribution in [2.45, 2.75) is 151 Å². The highest BCUT2D eigenvalue weighted by molar-refractivity contribution is 7.81. The molecule has 0 amide bonds. The van der Waals surface area contributed by atoms with Crippen molar-refractivity contribution in [1.82, 2.24) is 0 Å². The zero-order valence-corrected chi connectivity index (χ0v) is 32.7. The van der Waals surface area contributed by atoms with Crippen LogP contribution in [0.1, 0.15) is 27.7 Å². The lowest BCUT2D eigenvalue weighted by molar-refractivity contribution is -0.388. The lowest BCUT2D eigenvalue weighted by Crippen LogP contribution is -2.67. The molecule has 20 atom stereocenters. The van der Waals surface area contributed by atoms with Gasteiger partial charge >= 0.3 is 41.6 Å². The van der Waals surface area contributed by atoms with Crippen molar-refractivity contribution in [1.29, 1.82) is 0 Å². The highest BCUT2D eigenvalue weighted by atomic mass is 32.3. The third-order valence-electron chi connectivity index (χ3n) is 8.85. The average Bonchev–Trinajstić information content (AvgIpc) is 3.04. The van der Waals surface area contributed by atoms with Gasteiger partial charge in [0.1, 0.15) is 73.2 Å². The van der Waals surface area contributed by atoms with E-state index in [0.717, 1.165) is 27.7 Å². The van der Waals surface area contributed by atoms with Gasteiger partial charge in [0, 0.05) is 0 Å². The van der Waals surface area contributed by atoms with Crippen molar-refractivity contribution in [3.8, 4) is 0 Å². The van der Waals surface area contributed by atoms with Crippen LogP contribution in [0.2, 0.25) is 0 Å². The van der Waals surface area contributed by atoms with Crippen LogP contribution in [0.5, 0.6) is 0 Å². The fourth-order valence-corrected chi connectivity index (χ4v) is 8.54. The van der Waals surface area contributed by atoms with Crippen molar-refractivity contribution in [2.75, 3.05) is 0 Å². The summed E-state index contributed by atoms with van der Waals surface area (Å²) < 4.78 is 186. The fraction of sp³-hybridized carbons (Fsp3) is 1.00. The highest BCUT2D eigenvalue weighted by Crippen LogP contribution is 2.37. The lowest BCUT2D eigenvalue weighted by Gasteiger charge is -2.49. The minimum atomic E-state index is -5.46. The molecule has 0 aliphatic carbocycles. The predicted octanol–water partition coefficient (Wildman–Crippen LogP) is -6.33. The Morgan fingerprint density at radius 2 is 0.632 bits per heavy atom. The molecule has 4 rings (SSSR count). The van der Waals surface area contributed by atoms with Crippen LogP contribution in [0.15, 0.2) is 0 Å². The SMILES string of the molecule is C[C@@H]1O[C@@H](O[C@H]2[C@H](O)[C@H](O[C@@H]3[C@H](OS(=O)(=O)O)[C@H](C)O[C@@H](O)[C@H]3O[C@@H]3O[C@@H](C)[C@@H](OS(=O)(=O)O)[C@@H](O)[C@@H]3O)O[C@@H](C)[C@H]2OS(=O)(=O)O)[C@@H](O)[C@H](O)[C@@H]1OS(=O)(=O)O. The summed E-state index contributed by atoms with van der Waals surface area (Å²) in [5.41, 5.74) is 0. The van der Waals surface area contributed by atoms with Gasteiger partial charge < -0.3 is 63.8 Å². The van der Waals surface area contributed by atoms with Crippen LogP contribution in [-0.4, -0.2) is 205 Å². The summed E-state index contributed by atoms with van der Waals surface area (Å²) in [6, 6.07) is 0. The minimum Gasteiger partial charge on any atom is -0.387 e. The van der Waals surface area contributed by atoms with Crippen LogP contribution in [0, 0.1) is 0 Å². The maximum Gasteiger partial charge on any atom is 0.397 e. The highest BCUT2D eigenvalue weighted by Gasteiger charge is 2.57. The normalized spacial score (nSPS) is 45.4. The van der Waals surface area contributed by atoms with E-state index in [1.165, 1.54) is 0 Å². The Balaban J connectivity index is 1.68. The van der Waals surface area contributed by atoms with Gasteiger partial charge in [-0.2, -0.15) is 33.7 Å². The monoisotopic (exact) mass is 922 g/mol. The number of hydrogen-bond acceptors (Lipinski definition) is 25. The molecule has 4 heterocycles. The summed E-state index contributed by atoms with van der Waals surface area (Å²) in [4.78, 5) is 0. The zero-order valence-electron chi connectivity index (χ0n) is 29.4. The molecule has 57 heavy (non-hydrogen) atoms. The molecule has 0 aromatic carbocycles. The molecule has 0 aromatic rings. The third kappa shape index (κ3) is 12.5. The summed E-state index contributed by atoms with van der Waals surface area (Å²) in [6.45, 7) is 4.28. The molecule has 4 aliphatic heterocycles. The van der Waals surface area contributed by atoms with Crippen LogP contribution >= 0.6 is 0 Å². The molecular weight excluding hydrogens is 881 g/mol. The summed E-state index contributed by atoms with van der Waals surface area (Å²) >= 11 is 0. The largest absolute Gasteiger partial charge is 0.397 e. The number of ether oxygens (including phenoxy) is 7. The number of rotatable bonds is 14. The topological polar surface area (TPSA) is 440 Å². The van der Waals surface area contributed by atoms with Gasteiger partial charge in [0.25, 0.3) is 0 Å². The van der Waals surface area contributed by atoms with Gasteiger partial charge in [-0.15, -0.1) is 0 Å². The number of aliphatic hydroxyl groups is 6. The van der Waals surface area contributed by atoms with Crippen LogP contribution < -0.4 is 0 Å². The average molecular weight is 923 g/mol. The van der Waals surface area contributed by atoms with E-state index in [9.17, 15) is 73.4 Å². The van der Waals surface area contributed by atoms with Crippen molar-refractivity contribution >= 4 is 41.6 Å². The molecule has 0 unspecified atom stereocenters. The Morgan fingerprint density at radius 1 is 0.351 bits per heavy atom. The first-order valence-electron chi connectivity index (χ1n) is 16.2. The first kappa shape index (κ1) is 48.6. The smallest absolute Gasteiger partial charge is 0.387 e. The molecule has 10 N–H and O–H groups in total. The van der Waals surface area contributed by atoms with Crippen LogP contribution in [0.4, 0.5) is 0 Å². The standard InChI is InChI=1S/C24H42O29S4/c1-5-14(50-54(31,32)33)9(25)11(27)22(44-5)47-18-13(29)24(46-8(4)16(18)52-56(37,38)39)48-19-17(53-57(40,41)42)7(3)43-21(30)20(19)49-23-12(28)10(26)15(6(2)45-23)51-55(34,35)36/h5-30H,1-4H3,(H,31,32,33)(H,34,35,36)(H,37,38,39)(H,40,41,42)/t5-,6-,7-,8-,9-,10-,11-,12-,13-,14+,15+,16+,17+,18-,19+,20-,21+,22-,23-,24-/m0/s1. The summed E-state index contributed by atoms with van der Waals surface area (Å²) in [5.74, 6) is 0. The second-order valence-electron chi connectivity index (χ2n) is 13.1. The fourth-order valence-electron chi connectivity index (χ4n) is 6.34. The Hall–Kier alpha value is -1.04. The molecule has 4 saturated heterocycles. The van der Waals surface area contributed by atoms with Gasteiger partial charge in [0.2, 0.25) is 0 Å². The van der Waals surface area contributed by atoms with Crippen molar-refractivity contribution in [2.24, 2.45) is 0 Å². The van der Waals surface area contributed by atoms with E-state index in [-0.39, 0.29) is 0 Å². The molecule has 0 aromatic heterocycles. The first-order chi connectivity index (χ1) is 25.9. The van der Waals surface area contributed by atoms with Gasteiger partial charge in [0.15, 0.2) is 25.2 Å². The summed E-state index contributed by atoms with van der Waals surface area (Å²) in [6.07, 6.45) is -41.2. The maximum absolute atomic E-state index is 11.9. The van der Waals surface area contributed by atoms with Gasteiger partial charge in [-0.3, -0.25) is 18.2 Å². The van der Waals surface area contributed by atoms with Crippen molar-refractivity contribution in [3.05, 3.63) is 0 Å². The molecule has 29 nitrogen and oxygen atoms in total. The van der Waals surface area contributed by atoms with E-state index in [4.69, 9.17) is 46.4 Å². The van der Waals surface area contributed by atoms with Crippen LogP contribution in [-0.2, 0) is 91.5 Å². The van der Waals surface area contributed by atoms with E-state index in [1.807, 2.05) is 0 Å². The molecule has 336 valence electrons. The van der Waals surface area contributed by atoms with Crippen molar-refractivity contribution in [3.63, 3.8) is 0 Å². The molecular formula is C24H42O29S4. The number of hydrogen-bond donors (Lipinski definition) is 10. The second-order valence-corrected chi connectivity index (χ2v) is 17.3. The van der Waals surface area contributed by atoms with E-state index < -0.39 is 164 Å². The van der Waals surface area contributed by atoms with Gasteiger partial charge in [-0.1, -0.05) is 0 Å². The molecule has 0 radical (unpaired) electrons. The van der Waals surface area contributed by atoms with Crippen LogP contribution in [0.25, 0.3) is 0 Å². The third-order valence-corrected chi connectivity index (χ3v) is 10.7. The molecule has 0 spiro atoms. The Bertz CT molecular complexity index is 1810. The molecule has 33 heteroatoms.